The number of nitrogens with two attached hydrogens (primary N) is 2. The number of para-hydroxylation sites is 1. The van der Waals surface area contributed by atoms with Crippen LogP contribution in [-0.2, 0) is 0 Å². The summed E-state index contributed by atoms with van der Waals surface area (Å²) in [6.45, 7) is 1.91. The zero-order chi connectivity index (χ0) is 18.2. The van der Waals surface area contributed by atoms with Gasteiger partial charge < -0.3 is 20.9 Å². The van der Waals surface area contributed by atoms with Gasteiger partial charge in [0.05, 0.1) is 5.84 Å². The lowest BCUT2D eigenvalue weighted by atomic mass is 10.0. The van der Waals surface area contributed by atoms with Crippen LogP contribution in [0.1, 0.15) is 25.3 Å². The van der Waals surface area contributed by atoms with Crippen molar-refractivity contribution in [3.05, 3.63) is 60.2 Å². The minimum atomic E-state index is -0.507. The SMILES string of the molecule is CC(CCC(Oc1ccccc1)Oc1ccc(C(=N)N)cc1)C(=N)N. The van der Waals surface area contributed by atoms with Gasteiger partial charge in [-0.2, -0.15) is 0 Å². The highest BCUT2D eigenvalue weighted by atomic mass is 16.7. The second kappa shape index (κ2) is 8.73. The Bertz CT molecular complexity index is 701. The standard InChI is InChI=1S/C19H24N4O2/c1-13(18(20)21)7-12-17(24-15-5-3-2-4-6-15)25-16-10-8-14(9-11-16)19(22)23/h2-6,8-11,13,17H,7,12H2,1H3,(H3,20,21)(H3,22,23). The fourth-order valence-electron chi connectivity index (χ4n) is 2.20. The highest BCUT2D eigenvalue weighted by molar-refractivity contribution is 5.94. The van der Waals surface area contributed by atoms with E-state index in [-0.39, 0.29) is 17.6 Å². The van der Waals surface area contributed by atoms with Gasteiger partial charge in [0.15, 0.2) is 0 Å². The third kappa shape index (κ3) is 5.84. The molecule has 2 rings (SSSR count). The lowest BCUT2D eigenvalue weighted by molar-refractivity contribution is -0.00333. The minimum absolute atomic E-state index is 0.0129. The van der Waals surface area contributed by atoms with E-state index in [1.807, 2.05) is 37.3 Å². The van der Waals surface area contributed by atoms with Crippen LogP contribution in [0.4, 0.5) is 0 Å². The number of ether oxygens (including phenoxy) is 2. The largest absolute Gasteiger partial charge is 0.455 e. The van der Waals surface area contributed by atoms with Gasteiger partial charge in [-0.1, -0.05) is 25.1 Å². The molecule has 0 aliphatic carbocycles. The van der Waals surface area contributed by atoms with Crippen molar-refractivity contribution in [3.63, 3.8) is 0 Å². The summed E-state index contributed by atoms with van der Waals surface area (Å²) >= 11 is 0. The molecule has 0 amide bonds. The number of rotatable bonds is 9. The summed E-state index contributed by atoms with van der Waals surface area (Å²) in [5, 5.41) is 14.9. The van der Waals surface area contributed by atoms with Gasteiger partial charge in [-0.05, 0) is 42.8 Å². The number of nitrogen functional groups attached to an aromatic ring is 1. The Morgan fingerprint density at radius 1 is 0.880 bits per heavy atom. The van der Waals surface area contributed by atoms with E-state index in [0.29, 0.717) is 29.9 Å². The number of nitrogens with one attached hydrogen (secondary N) is 2. The van der Waals surface area contributed by atoms with Crippen molar-refractivity contribution in [2.45, 2.75) is 26.1 Å². The minimum Gasteiger partial charge on any atom is -0.455 e. The molecular weight excluding hydrogens is 316 g/mol. The highest BCUT2D eigenvalue weighted by Crippen LogP contribution is 2.20. The molecule has 6 heteroatoms. The molecule has 2 atom stereocenters. The van der Waals surface area contributed by atoms with Crippen molar-refractivity contribution in [1.82, 2.24) is 0 Å². The van der Waals surface area contributed by atoms with Gasteiger partial charge in [0.1, 0.15) is 17.3 Å². The summed E-state index contributed by atoms with van der Waals surface area (Å²) in [5.41, 5.74) is 11.6. The van der Waals surface area contributed by atoms with E-state index in [9.17, 15) is 0 Å². The van der Waals surface area contributed by atoms with E-state index in [1.165, 1.54) is 0 Å². The number of hydrogen-bond donors (Lipinski definition) is 4. The van der Waals surface area contributed by atoms with Gasteiger partial charge in [0.25, 0.3) is 0 Å². The van der Waals surface area contributed by atoms with Crippen molar-refractivity contribution >= 4 is 11.7 Å². The fourth-order valence-corrected chi connectivity index (χ4v) is 2.20. The Morgan fingerprint density at radius 3 is 1.96 bits per heavy atom. The predicted octanol–water partition coefficient (Wildman–Crippen LogP) is 3.11. The van der Waals surface area contributed by atoms with E-state index >= 15 is 0 Å². The van der Waals surface area contributed by atoms with Gasteiger partial charge in [0.2, 0.25) is 6.29 Å². The normalized spacial score (nSPS) is 12.8. The molecule has 0 spiro atoms. The summed E-state index contributed by atoms with van der Waals surface area (Å²) in [6.07, 6.45) is 0.759. The summed E-state index contributed by atoms with van der Waals surface area (Å²) in [4.78, 5) is 0. The topological polar surface area (TPSA) is 118 Å². The van der Waals surface area contributed by atoms with Gasteiger partial charge in [-0.25, -0.2) is 0 Å². The predicted molar refractivity (Wildman–Crippen MR) is 99.3 cm³/mol. The van der Waals surface area contributed by atoms with Crippen LogP contribution in [0.15, 0.2) is 54.6 Å². The van der Waals surface area contributed by atoms with Gasteiger partial charge in [-0.3, -0.25) is 10.8 Å². The Balaban J connectivity index is 2.07. The zero-order valence-electron chi connectivity index (χ0n) is 14.2. The number of hydrogen-bond acceptors (Lipinski definition) is 4. The molecule has 0 aliphatic heterocycles. The quantitative estimate of drug-likeness (QED) is 0.318. The lowest BCUT2D eigenvalue weighted by Crippen LogP contribution is -2.27. The van der Waals surface area contributed by atoms with Crippen molar-refractivity contribution in [2.75, 3.05) is 0 Å². The third-order valence-corrected chi connectivity index (χ3v) is 3.81. The summed E-state index contributed by atoms with van der Waals surface area (Å²) < 4.78 is 11.9. The molecular formula is C19H24N4O2. The molecule has 0 saturated heterocycles. The van der Waals surface area contributed by atoms with Crippen molar-refractivity contribution in [2.24, 2.45) is 17.4 Å². The maximum atomic E-state index is 7.51. The highest BCUT2D eigenvalue weighted by Gasteiger charge is 2.16. The van der Waals surface area contributed by atoms with E-state index in [4.69, 9.17) is 31.8 Å². The second-order valence-electron chi connectivity index (χ2n) is 5.85. The first kappa shape index (κ1) is 18.3. The molecule has 6 N–H and O–H groups in total. The van der Waals surface area contributed by atoms with Crippen LogP contribution in [0.5, 0.6) is 11.5 Å². The van der Waals surface area contributed by atoms with Crippen molar-refractivity contribution in [3.8, 4) is 11.5 Å². The van der Waals surface area contributed by atoms with Crippen LogP contribution >= 0.6 is 0 Å². The van der Waals surface area contributed by atoms with Crippen LogP contribution in [-0.4, -0.2) is 18.0 Å². The van der Waals surface area contributed by atoms with Crippen molar-refractivity contribution in [1.29, 1.82) is 10.8 Å². The van der Waals surface area contributed by atoms with Crippen LogP contribution in [0.2, 0.25) is 0 Å². The smallest absolute Gasteiger partial charge is 0.241 e. The Kier molecular flexibility index (Phi) is 6.39. The van der Waals surface area contributed by atoms with Crippen LogP contribution < -0.4 is 20.9 Å². The lowest BCUT2D eigenvalue weighted by Gasteiger charge is -2.22. The molecule has 2 unspecified atom stereocenters. The molecule has 0 aliphatic rings. The molecule has 0 bridgehead atoms. The molecule has 0 aromatic heterocycles. The summed E-state index contributed by atoms with van der Waals surface area (Å²) in [5.74, 6) is 1.47. The zero-order valence-corrected chi connectivity index (χ0v) is 14.2. The first-order valence-electron chi connectivity index (χ1n) is 8.12. The Morgan fingerprint density at radius 2 is 1.44 bits per heavy atom. The fraction of sp³-hybridized carbons (Fsp3) is 0.263. The number of amidine groups is 2. The summed E-state index contributed by atoms with van der Waals surface area (Å²) in [6, 6.07) is 16.4. The second-order valence-corrected chi connectivity index (χ2v) is 5.85. The van der Waals surface area contributed by atoms with E-state index < -0.39 is 6.29 Å². The average Bonchev–Trinajstić information content (AvgIpc) is 2.60. The monoisotopic (exact) mass is 340 g/mol. The van der Waals surface area contributed by atoms with Gasteiger partial charge in [-0.15, -0.1) is 0 Å². The van der Waals surface area contributed by atoms with Crippen molar-refractivity contribution < 1.29 is 9.47 Å². The molecule has 0 saturated carbocycles. The average molecular weight is 340 g/mol. The first-order valence-corrected chi connectivity index (χ1v) is 8.12. The van der Waals surface area contributed by atoms with Crippen LogP contribution in [0, 0.1) is 16.7 Å². The van der Waals surface area contributed by atoms with E-state index in [1.54, 1.807) is 24.3 Å². The van der Waals surface area contributed by atoms with Crippen LogP contribution in [0.3, 0.4) is 0 Å². The molecule has 2 aromatic carbocycles. The third-order valence-electron chi connectivity index (χ3n) is 3.81. The Hall–Kier alpha value is -3.02. The molecule has 2 aromatic rings. The maximum Gasteiger partial charge on any atom is 0.241 e. The van der Waals surface area contributed by atoms with E-state index in [0.717, 1.165) is 0 Å². The maximum absolute atomic E-state index is 7.51. The summed E-state index contributed by atoms with van der Waals surface area (Å²) in [7, 11) is 0. The van der Waals surface area contributed by atoms with Gasteiger partial charge >= 0.3 is 0 Å². The van der Waals surface area contributed by atoms with Crippen LogP contribution in [0.25, 0.3) is 0 Å². The molecule has 0 fully saturated rings. The number of benzene rings is 2. The molecule has 132 valence electrons. The van der Waals surface area contributed by atoms with E-state index in [2.05, 4.69) is 0 Å². The molecule has 0 radical (unpaired) electrons. The molecule has 25 heavy (non-hydrogen) atoms. The first-order chi connectivity index (χ1) is 12.0. The molecule has 6 nitrogen and oxygen atoms in total. The molecule has 0 heterocycles. The Labute approximate surface area is 147 Å². The van der Waals surface area contributed by atoms with Gasteiger partial charge in [0, 0.05) is 17.9 Å².